The van der Waals surface area contributed by atoms with Crippen LogP contribution in [-0.4, -0.2) is 42.4 Å². The van der Waals surface area contributed by atoms with Crippen molar-refractivity contribution in [3.8, 4) is 0 Å². The number of carbonyl (C=O) groups is 2. The molecular formula is C15H22N4O2. The summed E-state index contributed by atoms with van der Waals surface area (Å²) in [6.07, 6.45) is 0.895. The van der Waals surface area contributed by atoms with Crippen molar-refractivity contribution < 1.29 is 9.59 Å². The summed E-state index contributed by atoms with van der Waals surface area (Å²) in [5.41, 5.74) is 12.0. The van der Waals surface area contributed by atoms with Crippen molar-refractivity contribution >= 4 is 17.5 Å². The highest BCUT2D eigenvalue weighted by molar-refractivity contribution is 6.03. The van der Waals surface area contributed by atoms with Crippen molar-refractivity contribution in [3.63, 3.8) is 0 Å². The highest BCUT2D eigenvalue weighted by Crippen LogP contribution is 2.16. The minimum absolute atomic E-state index is 0.147. The number of anilines is 1. The lowest BCUT2D eigenvalue weighted by Gasteiger charge is -2.34. The largest absolute Gasteiger partial charge is 0.366 e. The van der Waals surface area contributed by atoms with E-state index in [4.69, 9.17) is 11.5 Å². The maximum atomic E-state index is 12.1. The van der Waals surface area contributed by atoms with Crippen molar-refractivity contribution in [1.82, 2.24) is 4.90 Å². The Morgan fingerprint density at radius 2 is 2.10 bits per heavy atom. The lowest BCUT2D eigenvalue weighted by molar-refractivity contribution is -0.117. The average molecular weight is 290 g/mol. The lowest BCUT2D eigenvalue weighted by atomic mass is 9.95. The zero-order valence-electron chi connectivity index (χ0n) is 12.2. The topological polar surface area (TPSA) is 101 Å². The number of rotatable bonds is 4. The molecular weight excluding hydrogens is 268 g/mol. The first-order valence-corrected chi connectivity index (χ1v) is 7.14. The van der Waals surface area contributed by atoms with Crippen molar-refractivity contribution in [2.45, 2.75) is 19.4 Å². The number of nitrogens with zero attached hydrogens (tertiary/aromatic N) is 1. The molecule has 1 aromatic rings. The fraction of sp³-hybridized carbons (Fsp3) is 0.467. The second-order valence-corrected chi connectivity index (χ2v) is 5.62. The number of primary amides is 1. The Morgan fingerprint density at radius 3 is 2.76 bits per heavy atom. The summed E-state index contributed by atoms with van der Waals surface area (Å²) >= 11 is 0. The number of nitrogens with two attached hydrogens (primary N) is 2. The Morgan fingerprint density at radius 1 is 1.38 bits per heavy atom. The van der Waals surface area contributed by atoms with E-state index in [0.29, 0.717) is 23.7 Å². The van der Waals surface area contributed by atoms with Crippen LogP contribution in [-0.2, 0) is 4.79 Å². The van der Waals surface area contributed by atoms with Crippen molar-refractivity contribution in [1.29, 1.82) is 0 Å². The number of likely N-dealkylation sites (tertiary alicyclic amines) is 1. The highest BCUT2D eigenvalue weighted by Gasteiger charge is 2.24. The van der Waals surface area contributed by atoms with Gasteiger partial charge < -0.3 is 16.8 Å². The molecule has 114 valence electrons. The number of benzene rings is 1. The van der Waals surface area contributed by atoms with Crippen molar-refractivity contribution in [2.75, 3.05) is 25.0 Å². The second-order valence-electron chi connectivity index (χ2n) is 5.62. The number of hydrogen-bond acceptors (Lipinski definition) is 4. The van der Waals surface area contributed by atoms with Crippen LogP contribution in [0.3, 0.4) is 0 Å². The molecule has 6 heteroatoms. The predicted octanol–water partition coefficient (Wildman–Crippen LogP) is 0.393. The van der Waals surface area contributed by atoms with E-state index in [0.717, 1.165) is 19.5 Å². The molecule has 5 N–H and O–H groups in total. The summed E-state index contributed by atoms with van der Waals surface area (Å²) in [7, 11) is 0. The maximum absolute atomic E-state index is 12.1. The van der Waals surface area contributed by atoms with E-state index < -0.39 is 5.91 Å². The quantitative estimate of drug-likeness (QED) is 0.746. The Labute approximate surface area is 124 Å². The van der Waals surface area contributed by atoms with Gasteiger partial charge in [0.05, 0.1) is 17.8 Å². The molecule has 1 aliphatic heterocycles. The first-order chi connectivity index (χ1) is 9.97. The van der Waals surface area contributed by atoms with Crippen LogP contribution in [0.4, 0.5) is 5.69 Å². The average Bonchev–Trinajstić information content (AvgIpc) is 2.43. The minimum Gasteiger partial charge on any atom is -0.366 e. The molecule has 1 aromatic carbocycles. The normalized spacial score (nSPS) is 22.8. The predicted molar refractivity (Wildman–Crippen MR) is 81.8 cm³/mol. The SMILES string of the molecule is CC1CN(CC(=O)Nc2ccccc2C(N)=O)CCC1N. The number of carbonyl (C=O) groups excluding carboxylic acids is 2. The van der Waals surface area contributed by atoms with Crippen LogP contribution in [0.15, 0.2) is 24.3 Å². The van der Waals surface area contributed by atoms with Crippen molar-refractivity contribution in [2.24, 2.45) is 17.4 Å². The smallest absolute Gasteiger partial charge is 0.250 e. The van der Waals surface area contributed by atoms with E-state index in [-0.39, 0.29) is 11.9 Å². The van der Waals surface area contributed by atoms with E-state index in [1.54, 1.807) is 24.3 Å². The first-order valence-electron chi connectivity index (χ1n) is 7.14. The van der Waals surface area contributed by atoms with Gasteiger partial charge in [-0.05, 0) is 24.5 Å². The summed E-state index contributed by atoms with van der Waals surface area (Å²) in [4.78, 5) is 25.5. The summed E-state index contributed by atoms with van der Waals surface area (Å²) < 4.78 is 0. The third-order valence-electron chi connectivity index (χ3n) is 3.89. The third kappa shape index (κ3) is 4.03. The second kappa shape index (κ2) is 6.69. The summed E-state index contributed by atoms with van der Waals surface area (Å²) in [6, 6.07) is 6.94. The minimum atomic E-state index is -0.552. The molecule has 1 fully saturated rings. The first kappa shape index (κ1) is 15.5. The fourth-order valence-corrected chi connectivity index (χ4v) is 2.59. The molecule has 0 saturated carbocycles. The van der Waals surface area contributed by atoms with Gasteiger partial charge in [0.25, 0.3) is 5.91 Å². The number of para-hydroxylation sites is 1. The number of nitrogens with one attached hydrogen (secondary N) is 1. The molecule has 0 aromatic heterocycles. The fourth-order valence-electron chi connectivity index (χ4n) is 2.59. The van der Waals surface area contributed by atoms with Crippen LogP contribution in [0.1, 0.15) is 23.7 Å². The number of amides is 2. The van der Waals surface area contributed by atoms with E-state index >= 15 is 0 Å². The van der Waals surface area contributed by atoms with E-state index in [2.05, 4.69) is 17.1 Å². The Balaban J connectivity index is 1.95. The Bertz CT molecular complexity index is 532. The van der Waals surface area contributed by atoms with E-state index in [1.165, 1.54) is 0 Å². The molecule has 2 amide bonds. The van der Waals surface area contributed by atoms with Gasteiger partial charge in [-0.1, -0.05) is 19.1 Å². The van der Waals surface area contributed by atoms with Crippen LogP contribution in [0.25, 0.3) is 0 Å². The molecule has 0 bridgehead atoms. The van der Waals surface area contributed by atoms with Gasteiger partial charge in [-0.15, -0.1) is 0 Å². The Kier molecular flexibility index (Phi) is 4.93. The third-order valence-corrected chi connectivity index (χ3v) is 3.89. The van der Waals surface area contributed by atoms with Gasteiger partial charge >= 0.3 is 0 Å². The van der Waals surface area contributed by atoms with Gasteiger partial charge in [0.15, 0.2) is 0 Å². The molecule has 2 atom stereocenters. The van der Waals surface area contributed by atoms with Crippen LogP contribution in [0.2, 0.25) is 0 Å². The van der Waals surface area contributed by atoms with Crippen LogP contribution < -0.4 is 16.8 Å². The van der Waals surface area contributed by atoms with E-state index in [1.807, 2.05) is 0 Å². The maximum Gasteiger partial charge on any atom is 0.250 e. The van der Waals surface area contributed by atoms with Crippen LogP contribution in [0, 0.1) is 5.92 Å². The standard InChI is InChI=1S/C15H22N4O2/c1-10-8-19(7-6-12(10)16)9-14(20)18-13-5-3-2-4-11(13)15(17)21/h2-5,10,12H,6-9,16H2,1H3,(H2,17,21)(H,18,20). The van der Waals surface area contributed by atoms with Crippen LogP contribution in [0.5, 0.6) is 0 Å². The molecule has 2 rings (SSSR count). The van der Waals surface area contributed by atoms with Gasteiger partial charge in [-0.2, -0.15) is 0 Å². The molecule has 0 radical (unpaired) electrons. The molecule has 6 nitrogen and oxygen atoms in total. The number of hydrogen-bond donors (Lipinski definition) is 3. The van der Waals surface area contributed by atoms with Gasteiger partial charge in [0, 0.05) is 19.1 Å². The zero-order valence-corrected chi connectivity index (χ0v) is 12.2. The van der Waals surface area contributed by atoms with Crippen molar-refractivity contribution in [3.05, 3.63) is 29.8 Å². The van der Waals surface area contributed by atoms with Gasteiger partial charge in [-0.25, -0.2) is 0 Å². The van der Waals surface area contributed by atoms with Gasteiger partial charge in [0.2, 0.25) is 5.91 Å². The Hall–Kier alpha value is -1.92. The molecule has 1 heterocycles. The summed E-state index contributed by atoms with van der Waals surface area (Å²) in [5.74, 6) is -0.320. The van der Waals surface area contributed by atoms with Gasteiger partial charge in [-0.3, -0.25) is 14.5 Å². The van der Waals surface area contributed by atoms with Gasteiger partial charge in [0.1, 0.15) is 0 Å². The molecule has 21 heavy (non-hydrogen) atoms. The molecule has 1 aliphatic rings. The van der Waals surface area contributed by atoms with Crippen LogP contribution >= 0.6 is 0 Å². The lowest BCUT2D eigenvalue weighted by Crippen LogP contribution is -2.48. The summed E-state index contributed by atoms with van der Waals surface area (Å²) in [5, 5.41) is 2.75. The zero-order chi connectivity index (χ0) is 15.4. The number of piperidine rings is 1. The van der Waals surface area contributed by atoms with E-state index in [9.17, 15) is 9.59 Å². The molecule has 1 saturated heterocycles. The molecule has 2 unspecified atom stereocenters. The monoisotopic (exact) mass is 290 g/mol. The molecule has 0 aliphatic carbocycles. The highest BCUT2D eigenvalue weighted by atomic mass is 16.2. The molecule has 0 spiro atoms. The summed E-state index contributed by atoms with van der Waals surface area (Å²) in [6.45, 7) is 4.02.